The van der Waals surface area contributed by atoms with Crippen LogP contribution < -0.4 is 9.47 Å². The Kier molecular flexibility index (Phi) is 6.21. The quantitative estimate of drug-likeness (QED) is 0.729. The van der Waals surface area contributed by atoms with Crippen LogP contribution in [-0.4, -0.2) is 17.8 Å². The average molecular weight is 362 g/mol. The van der Waals surface area contributed by atoms with Gasteiger partial charge in [0, 0.05) is 16.1 Å². The van der Waals surface area contributed by atoms with Crippen LogP contribution in [0.25, 0.3) is 0 Å². The van der Waals surface area contributed by atoms with Gasteiger partial charge in [-0.05, 0) is 36.8 Å². The van der Waals surface area contributed by atoms with Crippen LogP contribution in [0.1, 0.15) is 13.3 Å². The van der Waals surface area contributed by atoms with Gasteiger partial charge in [-0.2, -0.15) is 0 Å². The van der Waals surface area contributed by atoms with Gasteiger partial charge in [0.25, 0.3) is 0 Å². The lowest BCUT2D eigenvalue weighted by Crippen LogP contribution is -2.16. The summed E-state index contributed by atoms with van der Waals surface area (Å²) in [6.07, 6.45) is 0.0469. The molecular weight excluding hydrogens is 347 g/mol. The van der Waals surface area contributed by atoms with Gasteiger partial charge in [-0.3, -0.25) is 0 Å². The lowest BCUT2D eigenvalue weighted by molar-refractivity contribution is 0.103. The van der Waals surface area contributed by atoms with Crippen LogP contribution >= 0.6 is 34.8 Å². The van der Waals surface area contributed by atoms with Crippen molar-refractivity contribution in [2.24, 2.45) is 0 Å². The molecule has 0 aliphatic rings. The van der Waals surface area contributed by atoms with E-state index in [1.807, 2.05) is 6.92 Å². The van der Waals surface area contributed by atoms with Crippen LogP contribution in [0.4, 0.5) is 0 Å². The molecule has 0 saturated carbocycles. The van der Waals surface area contributed by atoms with Crippen molar-refractivity contribution in [3.8, 4) is 17.2 Å². The number of halogens is 3. The summed E-state index contributed by atoms with van der Waals surface area (Å²) in [6, 6.07) is 9.94. The third-order valence-corrected chi connectivity index (χ3v) is 3.69. The molecule has 2 aromatic carbocycles. The zero-order valence-electron chi connectivity index (χ0n) is 11.9. The molecule has 0 amide bonds. The van der Waals surface area contributed by atoms with Crippen LogP contribution in [0.5, 0.6) is 17.2 Å². The second-order valence-electron chi connectivity index (χ2n) is 4.64. The molecule has 0 heterocycles. The average Bonchev–Trinajstić information content (AvgIpc) is 2.49. The number of aliphatic hydroxyl groups is 1. The molecular formula is C16H15Cl3O3. The summed E-state index contributed by atoms with van der Waals surface area (Å²) in [4.78, 5) is 0. The Morgan fingerprint density at radius 2 is 1.59 bits per heavy atom. The predicted molar refractivity (Wildman–Crippen MR) is 89.8 cm³/mol. The van der Waals surface area contributed by atoms with Crippen molar-refractivity contribution in [2.75, 3.05) is 6.61 Å². The standard InChI is InChI=1S/C16H15Cl3O3/c1-2-12(20)9-21-16-8-11(18)4-6-15(16)22-14-5-3-10(17)7-13(14)19/h3-8,12,20H,2,9H2,1H3. The fourth-order valence-electron chi connectivity index (χ4n) is 1.66. The molecule has 0 aliphatic carbocycles. The first kappa shape index (κ1) is 17.2. The Morgan fingerprint density at radius 1 is 0.955 bits per heavy atom. The van der Waals surface area contributed by atoms with Crippen LogP contribution in [-0.2, 0) is 0 Å². The first-order valence-corrected chi connectivity index (χ1v) is 7.86. The maximum absolute atomic E-state index is 9.61. The molecule has 1 unspecified atom stereocenters. The summed E-state index contributed by atoms with van der Waals surface area (Å²) in [7, 11) is 0. The van der Waals surface area contributed by atoms with E-state index in [0.29, 0.717) is 38.7 Å². The number of aliphatic hydroxyl groups excluding tert-OH is 1. The van der Waals surface area contributed by atoms with Crippen LogP contribution in [0.15, 0.2) is 36.4 Å². The maximum atomic E-state index is 9.61. The first-order chi connectivity index (χ1) is 10.5. The monoisotopic (exact) mass is 360 g/mol. The molecule has 22 heavy (non-hydrogen) atoms. The summed E-state index contributed by atoms with van der Waals surface area (Å²) in [6.45, 7) is 2.03. The number of rotatable bonds is 6. The Labute approximate surface area is 144 Å². The third-order valence-electron chi connectivity index (χ3n) is 2.92. The molecule has 2 aromatic rings. The summed E-state index contributed by atoms with van der Waals surface area (Å²) in [5.74, 6) is 1.34. The van der Waals surface area contributed by atoms with Crippen LogP contribution in [0.3, 0.4) is 0 Å². The number of hydrogen-bond acceptors (Lipinski definition) is 3. The highest BCUT2D eigenvalue weighted by Crippen LogP contribution is 2.37. The molecule has 0 spiro atoms. The van der Waals surface area contributed by atoms with Gasteiger partial charge in [0.15, 0.2) is 11.5 Å². The molecule has 0 aliphatic heterocycles. The zero-order valence-corrected chi connectivity index (χ0v) is 14.1. The van der Waals surface area contributed by atoms with Gasteiger partial charge < -0.3 is 14.6 Å². The second kappa shape index (κ2) is 7.93. The maximum Gasteiger partial charge on any atom is 0.169 e. The second-order valence-corrected chi connectivity index (χ2v) is 5.92. The van der Waals surface area contributed by atoms with Gasteiger partial charge in [0.05, 0.1) is 11.1 Å². The largest absolute Gasteiger partial charge is 0.487 e. The van der Waals surface area contributed by atoms with E-state index in [1.54, 1.807) is 36.4 Å². The van der Waals surface area contributed by atoms with E-state index >= 15 is 0 Å². The van der Waals surface area contributed by atoms with Gasteiger partial charge in [-0.1, -0.05) is 41.7 Å². The Morgan fingerprint density at radius 3 is 2.23 bits per heavy atom. The fraction of sp³-hybridized carbons (Fsp3) is 0.250. The zero-order chi connectivity index (χ0) is 16.1. The van der Waals surface area contributed by atoms with Crippen molar-refractivity contribution in [1.29, 1.82) is 0 Å². The normalized spacial score (nSPS) is 12.0. The summed E-state index contributed by atoms with van der Waals surface area (Å²) < 4.78 is 11.3. The minimum absolute atomic E-state index is 0.154. The molecule has 0 aromatic heterocycles. The molecule has 0 fully saturated rings. The molecule has 0 bridgehead atoms. The van der Waals surface area contributed by atoms with Crippen molar-refractivity contribution >= 4 is 34.8 Å². The molecule has 3 nitrogen and oxygen atoms in total. The van der Waals surface area contributed by atoms with E-state index in [1.165, 1.54) is 0 Å². The van der Waals surface area contributed by atoms with Gasteiger partial charge in [-0.15, -0.1) is 0 Å². The molecule has 1 atom stereocenters. The molecule has 0 radical (unpaired) electrons. The highest BCUT2D eigenvalue weighted by atomic mass is 35.5. The molecule has 6 heteroatoms. The van der Waals surface area contributed by atoms with Gasteiger partial charge in [-0.25, -0.2) is 0 Å². The van der Waals surface area contributed by atoms with E-state index in [4.69, 9.17) is 44.3 Å². The minimum Gasteiger partial charge on any atom is -0.487 e. The molecule has 2 rings (SSSR count). The van der Waals surface area contributed by atoms with Crippen molar-refractivity contribution < 1.29 is 14.6 Å². The van der Waals surface area contributed by atoms with Crippen molar-refractivity contribution in [3.05, 3.63) is 51.5 Å². The van der Waals surface area contributed by atoms with Gasteiger partial charge in [0.1, 0.15) is 12.4 Å². The highest BCUT2D eigenvalue weighted by molar-refractivity contribution is 6.35. The first-order valence-electron chi connectivity index (χ1n) is 6.73. The van der Waals surface area contributed by atoms with E-state index < -0.39 is 6.10 Å². The SMILES string of the molecule is CCC(O)COc1cc(Cl)ccc1Oc1ccc(Cl)cc1Cl. The van der Waals surface area contributed by atoms with Gasteiger partial charge >= 0.3 is 0 Å². The van der Waals surface area contributed by atoms with E-state index in [0.717, 1.165) is 0 Å². The number of benzene rings is 2. The smallest absolute Gasteiger partial charge is 0.169 e. The Bertz CT molecular complexity index is 647. The van der Waals surface area contributed by atoms with Crippen molar-refractivity contribution in [2.45, 2.75) is 19.4 Å². The molecule has 118 valence electrons. The predicted octanol–water partition coefficient (Wildman–Crippen LogP) is 5.59. The fourth-order valence-corrected chi connectivity index (χ4v) is 2.27. The minimum atomic E-state index is -0.550. The Balaban J connectivity index is 2.22. The summed E-state index contributed by atoms with van der Waals surface area (Å²) in [5.41, 5.74) is 0. The van der Waals surface area contributed by atoms with E-state index in [9.17, 15) is 5.11 Å². The number of ether oxygens (including phenoxy) is 2. The topological polar surface area (TPSA) is 38.7 Å². The van der Waals surface area contributed by atoms with Crippen LogP contribution in [0.2, 0.25) is 15.1 Å². The van der Waals surface area contributed by atoms with Crippen molar-refractivity contribution in [1.82, 2.24) is 0 Å². The summed E-state index contributed by atoms with van der Waals surface area (Å²) >= 11 is 17.9. The third kappa shape index (κ3) is 4.68. The number of hydrogen-bond donors (Lipinski definition) is 1. The Hall–Kier alpha value is -1.13. The summed E-state index contributed by atoms with van der Waals surface area (Å²) in [5, 5.41) is 11.0. The highest BCUT2D eigenvalue weighted by Gasteiger charge is 2.12. The van der Waals surface area contributed by atoms with Crippen molar-refractivity contribution in [3.63, 3.8) is 0 Å². The van der Waals surface area contributed by atoms with E-state index in [2.05, 4.69) is 0 Å². The molecule has 1 N–H and O–H groups in total. The van der Waals surface area contributed by atoms with Crippen LogP contribution in [0, 0.1) is 0 Å². The molecule has 0 saturated heterocycles. The lowest BCUT2D eigenvalue weighted by Gasteiger charge is -2.15. The lowest BCUT2D eigenvalue weighted by atomic mass is 10.3. The van der Waals surface area contributed by atoms with Gasteiger partial charge in [0.2, 0.25) is 0 Å². The van der Waals surface area contributed by atoms with E-state index in [-0.39, 0.29) is 6.61 Å².